The van der Waals surface area contributed by atoms with Crippen molar-refractivity contribution in [1.82, 2.24) is 9.29 Å². The summed E-state index contributed by atoms with van der Waals surface area (Å²) in [6.07, 6.45) is 1.32. The average Bonchev–Trinajstić information content (AvgIpc) is 2.44. The molecular weight excluding hydrogens is 294 g/mol. The first kappa shape index (κ1) is 15.2. The number of carboxylic acid groups (broad SMARTS) is 1. The van der Waals surface area contributed by atoms with Gasteiger partial charge in [0.05, 0.1) is 17.6 Å². The third-order valence-electron chi connectivity index (χ3n) is 2.92. The first-order chi connectivity index (χ1) is 9.90. The Hall–Kier alpha value is -2.19. The Morgan fingerprint density at radius 2 is 2.05 bits per heavy atom. The molecule has 0 aliphatic heterocycles. The van der Waals surface area contributed by atoms with E-state index in [9.17, 15) is 13.2 Å². The molecule has 2 rings (SSSR count). The van der Waals surface area contributed by atoms with Crippen LogP contribution in [0.4, 0.5) is 5.69 Å². The number of aliphatic carboxylic acids is 1. The number of nitrogens with zero attached hydrogens (tertiary/aromatic N) is 2. The van der Waals surface area contributed by atoms with Crippen LogP contribution in [0.2, 0.25) is 0 Å². The third-order valence-corrected chi connectivity index (χ3v) is 4.40. The second-order valence-corrected chi connectivity index (χ2v) is 6.23. The highest BCUT2D eigenvalue weighted by Gasteiger charge is 2.19. The molecule has 0 amide bonds. The number of hydrogen-bond acceptors (Lipinski definition) is 4. The third kappa shape index (κ3) is 3.67. The van der Waals surface area contributed by atoms with Crippen molar-refractivity contribution in [3.63, 3.8) is 0 Å². The summed E-state index contributed by atoms with van der Waals surface area (Å²) in [5, 5.41) is 9.42. The lowest BCUT2D eigenvalue weighted by atomic mass is 10.2. The monoisotopic (exact) mass is 309 g/mol. The molecule has 0 saturated heterocycles. The van der Waals surface area contributed by atoms with Crippen LogP contribution >= 0.6 is 0 Å². The Labute approximate surface area is 122 Å². The Balaban J connectivity index is 2.24. The van der Waals surface area contributed by atoms with Crippen LogP contribution in [0.1, 0.15) is 6.42 Å². The number of carbonyl (C=O) groups is 1. The lowest BCUT2D eigenvalue weighted by molar-refractivity contribution is -0.137. The summed E-state index contributed by atoms with van der Waals surface area (Å²) in [5.74, 6) is -1.05. The zero-order valence-corrected chi connectivity index (χ0v) is 12.2. The van der Waals surface area contributed by atoms with Crippen molar-refractivity contribution < 1.29 is 18.3 Å². The Kier molecular flexibility index (Phi) is 4.39. The van der Waals surface area contributed by atoms with E-state index in [4.69, 9.17) is 5.11 Å². The largest absolute Gasteiger partial charge is 0.481 e. The van der Waals surface area contributed by atoms with E-state index >= 15 is 0 Å². The number of carboxylic acids is 1. The molecule has 0 aliphatic rings. The molecule has 2 aromatic rings. The predicted molar refractivity (Wildman–Crippen MR) is 79.2 cm³/mol. The number of anilines is 1. The fraction of sp³-hybridized carbons (Fsp3) is 0.231. The van der Waals surface area contributed by atoms with Crippen molar-refractivity contribution in [2.24, 2.45) is 0 Å². The van der Waals surface area contributed by atoms with Crippen molar-refractivity contribution in [2.75, 3.05) is 18.3 Å². The molecule has 112 valence electrons. The van der Waals surface area contributed by atoms with Gasteiger partial charge in [0.2, 0.25) is 0 Å². The van der Waals surface area contributed by atoms with Gasteiger partial charge in [0.15, 0.2) is 0 Å². The molecule has 0 radical (unpaired) electrons. The van der Waals surface area contributed by atoms with Gasteiger partial charge in [-0.15, -0.1) is 0 Å². The molecule has 0 unspecified atom stereocenters. The molecule has 0 fully saturated rings. The number of rotatable bonds is 6. The SMILES string of the molecule is CN(CCC(=O)O)S(=O)(=O)Nc1cccc2cccnc12. The van der Waals surface area contributed by atoms with Gasteiger partial charge in [-0.2, -0.15) is 12.7 Å². The van der Waals surface area contributed by atoms with E-state index in [0.717, 1.165) is 9.69 Å². The van der Waals surface area contributed by atoms with Crippen molar-refractivity contribution in [3.8, 4) is 0 Å². The van der Waals surface area contributed by atoms with E-state index < -0.39 is 16.2 Å². The molecular formula is C13H15N3O4S. The number of nitrogens with one attached hydrogen (secondary N) is 1. The number of fused-ring (bicyclic) bond motifs is 1. The normalized spacial score (nSPS) is 11.7. The van der Waals surface area contributed by atoms with Gasteiger partial charge in [-0.1, -0.05) is 18.2 Å². The van der Waals surface area contributed by atoms with Gasteiger partial charge in [-0.3, -0.25) is 14.5 Å². The van der Waals surface area contributed by atoms with Crippen molar-refractivity contribution in [3.05, 3.63) is 36.5 Å². The van der Waals surface area contributed by atoms with Gasteiger partial charge in [-0.05, 0) is 12.1 Å². The quantitative estimate of drug-likeness (QED) is 0.838. The van der Waals surface area contributed by atoms with E-state index in [0.29, 0.717) is 11.2 Å². The van der Waals surface area contributed by atoms with Crippen LogP contribution < -0.4 is 4.72 Å². The second kappa shape index (κ2) is 6.06. The second-order valence-electron chi connectivity index (χ2n) is 4.45. The van der Waals surface area contributed by atoms with Gasteiger partial charge in [-0.25, -0.2) is 0 Å². The summed E-state index contributed by atoms with van der Waals surface area (Å²) >= 11 is 0. The number of pyridine rings is 1. The molecule has 8 heteroatoms. The summed E-state index contributed by atoms with van der Waals surface area (Å²) in [7, 11) is -2.50. The topological polar surface area (TPSA) is 99.6 Å². The van der Waals surface area contributed by atoms with Crippen LogP contribution in [-0.2, 0) is 15.0 Å². The van der Waals surface area contributed by atoms with E-state index in [1.165, 1.54) is 7.05 Å². The number of benzene rings is 1. The highest BCUT2D eigenvalue weighted by atomic mass is 32.2. The van der Waals surface area contributed by atoms with Crippen molar-refractivity contribution >= 4 is 32.8 Å². The molecule has 0 aliphatic carbocycles. The van der Waals surface area contributed by atoms with Gasteiger partial charge in [0.25, 0.3) is 0 Å². The van der Waals surface area contributed by atoms with E-state index in [1.807, 2.05) is 12.1 Å². The molecule has 0 saturated carbocycles. The van der Waals surface area contributed by atoms with Gasteiger partial charge in [0, 0.05) is 25.2 Å². The summed E-state index contributed by atoms with van der Waals surface area (Å²) in [6, 6.07) is 8.75. The Bertz CT molecular complexity index is 756. The van der Waals surface area contributed by atoms with Crippen LogP contribution in [0.3, 0.4) is 0 Å². The number of aromatic nitrogens is 1. The summed E-state index contributed by atoms with van der Waals surface area (Å²) in [6.45, 7) is -0.108. The van der Waals surface area contributed by atoms with Crippen LogP contribution in [0.15, 0.2) is 36.5 Å². The predicted octanol–water partition coefficient (Wildman–Crippen LogP) is 1.30. The zero-order valence-electron chi connectivity index (χ0n) is 11.4. The molecule has 21 heavy (non-hydrogen) atoms. The van der Waals surface area contributed by atoms with E-state index in [-0.39, 0.29) is 13.0 Å². The van der Waals surface area contributed by atoms with Gasteiger partial charge >= 0.3 is 16.2 Å². The standard InChI is InChI=1S/C13H15N3O4S/c1-16(9-7-12(17)18)21(19,20)15-11-6-2-4-10-5-3-8-14-13(10)11/h2-6,8,15H,7,9H2,1H3,(H,17,18). The molecule has 7 nitrogen and oxygen atoms in total. The lowest BCUT2D eigenvalue weighted by Crippen LogP contribution is -2.34. The van der Waals surface area contributed by atoms with Crippen LogP contribution in [0.25, 0.3) is 10.9 Å². The summed E-state index contributed by atoms with van der Waals surface area (Å²) in [5.41, 5.74) is 0.894. The smallest absolute Gasteiger partial charge is 0.304 e. The highest BCUT2D eigenvalue weighted by molar-refractivity contribution is 7.90. The first-order valence-electron chi connectivity index (χ1n) is 6.20. The van der Waals surface area contributed by atoms with Gasteiger partial charge < -0.3 is 5.11 Å². The maximum Gasteiger partial charge on any atom is 0.304 e. The average molecular weight is 309 g/mol. The van der Waals surface area contributed by atoms with Crippen LogP contribution in [-0.4, -0.2) is 42.4 Å². The maximum absolute atomic E-state index is 12.2. The highest BCUT2D eigenvalue weighted by Crippen LogP contribution is 2.22. The molecule has 0 spiro atoms. The molecule has 1 heterocycles. The lowest BCUT2D eigenvalue weighted by Gasteiger charge is -2.18. The summed E-state index contributed by atoms with van der Waals surface area (Å²) < 4.78 is 27.7. The molecule has 1 aromatic carbocycles. The first-order valence-corrected chi connectivity index (χ1v) is 7.64. The number of hydrogen-bond donors (Lipinski definition) is 2. The zero-order chi connectivity index (χ0) is 15.5. The fourth-order valence-corrected chi connectivity index (χ4v) is 2.71. The summed E-state index contributed by atoms with van der Waals surface area (Å²) in [4.78, 5) is 14.7. The molecule has 1 aromatic heterocycles. The van der Waals surface area contributed by atoms with Crippen LogP contribution in [0, 0.1) is 0 Å². The maximum atomic E-state index is 12.2. The Morgan fingerprint density at radius 1 is 1.33 bits per heavy atom. The van der Waals surface area contributed by atoms with E-state index in [2.05, 4.69) is 9.71 Å². The Morgan fingerprint density at radius 3 is 2.76 bits per heavy atom. The van der Waals surface area contributed by atoms with Gasteiger partial charge in [0.1, 0.15) is 0 Å². The number of para-hydroxylation sites is 1. The minimum Gasteiger partial charge on any atom is -0.481 e. The molecule has 0 atom stereocenters. The van der Waals surface area contributed by atoms with E-state index in [1.54, 1.807) is 24.4 Å². The fourth-order valence-electron chi connectivity index (χ4n) is 1.78. The van der Waals surface area contributed by atoms with Crippen molar-refractivity contribution in [2.45, 2.75) is 6.42 Å². The minimum atomic E-state index is -3.82. The minimum absolute atomic E-state index is 0.108. The van der Waals surface area contributed by atoms with Crippen LogP contribution in [0.5, 0.6) is 0 Å². The molecule has 0 bridgehead atoms. The molecule has 2 N–H and O–H groups in total. The van der Waals surface area contributed by atoms with Crippen molar-refractivity contribution in [1.29, 1.82) is 0 Å².